The Morgan fingerprint density at radius 2 is 2.19 bits per heavy atom. The van der Waals surface area contributed by atoms with Gasteiger partial charge in [0.2, 0.25) is 0 Å². The van der Waals surface area contributed by atoms with Gasteiger partial charge in [-0.3, -0.25) is 0 Å². The molecule has 0 saturated heterocycles. The van der Waals surface area contributed by atoms with Gasteiger partial charge in [0, 0.05) is 12.1 Å². The zero-order valence-corrected chi connectivity index (χ0v) is 11.1. The predicted octanol–water partition coefficient (Wildman–Crippen LogP) is 2.84. The molecule has 0 fully saturated rings. The summed E-state index contributed by atoms with van der Waals surface area (Å²) in [6.07, 6.45) is 0.816. The Kier molecular flexibility index (Phi) is 4.89. The molecule has 0 aliphatic carbocycles. The van der Waals surface area contributed by atoms with Crippen LogP contribution in [0.1, 0.15) is 25.8 Å². The zero-order chi connectivity index (χ0) is 12.2. The van der Waals surface area contributed by atoms with E-state index in [1.807, 2.05) is 19.9 Å². The smallest absolute Gasteiger partial charge is 0.137 e. The lowest BCUT2D eigenvalue weighted by atomic mass is 10.00. The summed E-state index contributed by atoms with van der Waals surface area (Å²) < 4.78 is 13.7. The molecule has 0 aromatic heterocycles. The Hall–Kier alpha value is -0.450. The fourth-order valence-corrected chi connectivity index (χ4v) is 1.69. The lowest BCUT2D eigenvalue weighted by Crippen LogP contribution is -2.44. The number of halogens is 2. The highest BCUT2D eigenvalue weighted by atomic mass is 79.9. The van der Waals surface area contributed by atoms with Crippen LogP contribution >= 0.6 is 15.9 Å². The van der Waals surface area contributed by atoms with Crippen molar-refractivity contribution in [1.82, 2.24) is 5.32 Å². The number of benzene rings is 1. The van der Waals surface area contributed by atoms with Gasteiger partial charge in [-0.25, -0.2) is 4.39 Å². The molecule has 1 aromatic rings. The van der Waals surface area contributed by atoms with Gasteiger partial charge in [0.15, 0.2) is 0 Å². The standard InChI is InChI=1S/C12H17BrFNO/c1-3-12(2,8-16)15-7-9-5-4-6-10(14)11(9)13/h4-6,15-16H,3,7-8H2,1-2H3. The van der Waals surface area contributed by atoms with Crippen molar-refractivity contribution in [2.45, 2.75) is 32.4 Å². The molecule has 1 rings (SSSR count). The van der Waals surface area contributed by atoms with E-state index in [-0.39, 0.29) is 18.0 Å². The summed E-state index contributed by atoms with van der Waals surface area (Å²) in [4.78, 5) is 0. The van der Waals surface area contributed by atoms with Crippen molar-refractivity contribution in [3.05, 3.63) is 34.1 Å². The second-order valence-electron chi connectivity index (χ2n) is 4.14. The molecule has 1 unspecified atom stereocenters. The van der Waals surface area contributed by atoms with E-state index in [1.165, 1.54) is 6.07 Å². The maximum atomic E-state index is 13.2. The lowest BCUT2D eigenvalue weighted by molar-refractivity contribution is 0.169. The topological polar surface area (TPSA) is 32.3 Å². The van der Waals surface area contributed by atoms with E-state index in [1.54, 1.807) is 6.07 Å². The van der Waals surface area contributed by atoms with Gasteiger partial charge in [-0.2, -0.15) is 0 Å². The minimum Gasteiger partial charge on any atom is -0.394 e. The van der Waals surface area contributed by atoms with Gasteiger partial charge >= 0.3 is 0 Å². The van der Waals surface area contributed by atoms with E-state index in [0.717, 1.165) is 12.0 Å². The summed E-state index contributed by atoms with van der Waals surface area (Å²) in [6, 6.07) is 4.95. The molecular weight excluding hydrogens is 273 g/mol. The molecule has 4 heteroatoms. The molecule has 0 amide bonds. The summed E-state index contributed by atoms with van der Waals surface area (Å²) in [7, 11) is 0. The molecule has 0 heterocycles. The van der Waals surface area contributed by atoms with E-state index in [9.17, 15) is 9.50 Å². The van der Waals surface area contributed by atoms with Crippen LogP contribution in [0.25, 0.3) is 0 Å². The first-order valence-electron chi connectivity index (χ1n) is 5.31. The molecular formula is C12H17BrFNO. The Labute approximate surface area is 104 Å². The van der Waals surface area contributed by atoms with Crippen LogP contribution in [0.5, 0.6) is 0 Å². The highest BCUT2D eigenvalue weighted by Gasteiger charge is 2.20. The average molecular weight is 290 g/mol. The van der Waals surface area contributed by atoms with E-state index in [2.05, 4.69) is 21.2 Å². The first-order valence-corrected chi connectivity index (χ1v) is 6.10. The summed E-state index contributed by atoms with van der Waals surface area (Å²) in [6.45, 7) is 4.55. The van der Waals surface area contributed by atoms with Gasteiger partial charge in [-0.05, 0) is 40.9 Å². The quantitative estimate of drug-likeness (QED) is 0.874. The molecule has 0 aliphatic rings. The Morgan fingerprint density at radius 1 is 1.50 bits per heavy atom. The number of hydrogen-bond donors (Lipinski definition) is 2. The SMILES string of the molecule is CCC(C)(CO)NCc1cccc(F)c1Br. The number of rotatable bonds is 5. The van der Waals surface area contributed by atoms with Gasteiger partial charge in [-0.15, -0.1) is 0 Å². The van der Waals surface area contributed by atoms with Crippen LogP contribution in [-0.2, 0) is 6.54 Å². The molecule has 0 radical (unpaired) electrons. The third-order valence-corrected chi connectivity index (χ3v) is 3.75. The number of aliphatic hydroxyl groups is 1. The average Bonchev–Trinajstić information content (AvgIpc) is 2.31. The summed E-state index contributed by atoms with van der Waals surface area (Å²) in [5, 5.41) is 12.5. The van der Waals surface area contributed by atoms with Crippen molar-refractivity contribution < 1.29 is 9.50 Å². The van der Waals surface area contributed by atoms with Crippen LogP contribution in [0.3, 0.4) is 0 Å². The fourth-order valence-electron chi connectivity index (χ4n) is 1.29. The molecule has 2 nitrogen and oxygen atoms in total. The predicted molar refractivity (Wildman–Crippen MR) is 66.7 cm³/mol. The minimum atomic E-state index is -0.314. The highest BCUT2D eigenvalue weighted by Crippen LogP contribution is 2.21. The zero-order valence-electron chi connectivity index (χ0n) is 9.56. The van der Waals surface area contributed by atoms with E-state index >= 15 is 0 Å². The molecule has 0 aliphatic heterocycles. The first-order chi connectivity index (χ1) is 7.52. The van der Waals surface area contributed by atoms with Crippen LogP contribution in [0.15, 0.2) is 22.7 Å². The van der Waals surface area contributed by atoms with Gasteiger partial charge in [0.05, 0.1) is 11.1 Å². The third-order valence-electron chi connectivity index (χ3n) is 2.87. The summed E-state index contributed by atoms with van der Waals surface area (Å²) in [5.74, 6) is -0.262. The van der Waals surface area contributed by atoms with Crippen molar-refractivity contribution in [3.8, 4) is 0 Å². The second-order valence-corrected chi connectivity index (χ2v) is 4.93. The van der Waals surface area contributed by atoms with Crippen molar-refractivity contribution in [3.63, 3.8) is 0 Å². The molecule has 2 N–H and O–H groups in total. The largest absolute Gasteiger partial charge is 0.394 e. The van der Waals surface area contributed by atoms with Crippen molar-refractivity contribution in [1.29, 1.82) is 0 Å². The molecule has 1 aromatic carbocycles. The Morgan fingerprint density at radius 3 is 2.75 bits per heavy atom. The lowest BCUT2D eigenvalue weighted by Gasteiger charge is -2.27. The molecule has 16 heavy (non-hydrogen) atoms. The van der Waals surface area contributed by atoms with Crippen molar-refractivity contribution >= 4 is 15.9 Å². The van der Waals surface area contributed by atoms with Crippen LogP contribution in [0.2, 0.25) is 0 Å². The highest BCUT2D eigenvalue weighted by molar-refractivity contribution is 9.10. The maximum Gasteiger partial charge on any atom is 0.137 e. The van der Waals surface area contributed by atoms with E-state index < -0.39 is 0 Å². The molecule has 1 atom stereocenters. The normalized spacial score (nSPS) is 14.8. The minimum absolute atomic E-state index is 0.0659. The van der Waals surface area contributed by atoms with Gasteiger partial charge in [0.25, 0.3) is 0 Å². The molecule has 0 saturated carbocycles. The van der Waals surface area contributed by atoms with Crippen LogP contribution in [0, 0.1) is 5.82 Å². The monoisotopic (exact) mass is 289 g/mol. The van der Waals surface area contributed by atoms with Crippen LogP contribution in [0.4, 0.5) is 4.39 Å². The molecule has 0 bridgehead atoms. The van der Waals surface area contributed by atoms with Gasteiger partial charge in [0.1, 0.15) is 5.82 Å². The van der Waals surface area contributed by atoms with E-state index in [0.29, 0.717) is 11.0 Å². The number of hydrogen-bond acceptors (Lipinski definition) is 2. The number of aliphatic hydroxyl groups excluding tert-OH is 1. The van der Waals surface area contributed by atoms with Gasteiger partial charge in [-0.1, -0.05) is 19.1 Å². The first kappa shape index (κ1) is 13.6. The van der Waals surface area contributed by atoms with Crippen LogP contribution in [-0.4, -0.2) is 17.3 Å². The Balaban J connectivity index is 2.71. The molecule has 90 valence electrons. The van der Waals surface area contributed by atoms with Crippen LogP contribution < -0.4 is 5.32 Å². The fraction of sp³-hybridized carbons (Fsp3) is 0.500. The third kappa shape index (κ3) is 3.27. The maximum absolute atomic E-state index is 13.2. The van der Waals surface area contributed by atoms with Crippen molar-refractivity contribution in [2.75, 3.05) is 6.61 Å². The summed E-state index contributed by atoms with van der Waals surface area (Å²) in [5.41, 5.74) is 0.541. The van der Waals surface area contributed by atoms with Crippen molar-refractivity contribution in [2.24, 2.45) is 0 Å². The summed E-state index contributed by atoms with van der Waals surface area (Å²) >= 11 is 3.21. The Bertz CT molecular complexity index is 353. The number of nitrogens with one attached hydrogen (secondary N) is 1. The molecule has 0 spiro atoms. The second kappa shape index (κ2) is 5.75. The van der Waals surface area contributed by atoms with Gasteiger partial charge < -0.3 is 10.4 Å². The van der Waals surface area contributed by atoms with E-state index in [4.69, 9.17) is 0 Å².